The van der Waals surface area contributed by atoms with E-state index in [9.17, 15) is 14.4 Å². The van der Waals surface area contributed by atoms with Crippen LogP contribution >= 0.6 is 0 Å². The van der Waals surface area contributed by atoms with Crippen LogP contribution < -0.4 is 10.6 Å². The average Bonchev–Trinajstić information content (AvgIpc) is 3.11. The fraction of sp³-hybridized carbons (Fsp3) is 0.423. The summed E-state index contributed by atoms with van der Waals surface area (Å²) in [5.41, 5.74) is 4.58. The van der Waals surface area contributed by atoms with Gasteiger partial charge in [-0.05, 0) is 34.6 Å². The molecule has 0 saturated carbocycles. The van der Waals surface area contributed by atoms with Crippen LogP contribution in [0, 0.1) is 11.8 Å². The summed E-state index contributed by atoms with van der Waals surface area (Å²) in [6, 6.07) is 15.8. The van der Waals surface area contributed by atoms with Crippen molar-refractivity contribution in [2.75, 3.05) is 13.2 Å². The second-order valence-electron chi connectivity index (χ2n) is 8.77. The third-order valence-corrected chi connectivity index (χ3v) is 6.24. The summed E-state index contributed by atoms with van der Waals surface area (Å²) in [7, 11) is 0. The maximum atomic E-state index is 12.6. The molecule has 1 unspecified atom stereocenters. The maximum Gasteiger partial charge on any atom is 0.407 e. The summed E-state index contributed by atoms with van der Waals surface area (Å²) in [6.07, 6.45) is -0.0839. The van der Waals surface area contributed by atoms with E-state index < -0.39 is 24.0 Å². The Morgan fingerprint density at radius 2 is 1.58 bits per heavy atom. The Morgan fingerprint density at radius 1 is 1.00 bits per heavy atom. The van der Waals surface area contributed by atoms with Crippen LogP contribution in [-0.4, -0.2) is 42.3 Å². The minimum absolute atomic E-state index is 0.00215. The number of alkyl carbamates (subject to hydrolysis) is 1. The number of carbonyl (C=O) groups excluding carboxylic acids is 2. The highest BCUT2D eigenvalue weighted by Gasteiger charge is 2.29. The summed E-state index contributed by atoms with van der Waals surface area (Å²) in [5.74, 6) is -1.90. The third-order valence-electron chi connectivity index (χ3n) is 6.24. The zero-order valence-corrected chi connectivity index (χ0v) is 19.3. The molecule has 2 amide bonds. The van der Waals surface area contributed by atoms with Crippen LogP contribution in [0.5, 0.6) is 0 Å². The molecule has 7 nitrogen and oxygen atoms in total. The number of benzene rings is 2. The molecular weight excluding hydrogens is 420 g/mol. The highest BCUT2D eigenvalue weighted by molar-refractivity contribution is 5.80. The molecule has 0 radical (unpaired) electrons. The zero-order chi connectivity index (χ0) is 24.0. The summed E-state index contributed by atoms with van der Waals surface area (Å²) in [4.78, 5) is 36.0. The minimum atomic E-state index is -0.935. The fourth-order valence-electron chi connectivity index (χ4n) is 4.16. The van der Waals surface area contributed by atoms with Gasteiger partial charge in [0.1, 0.15) is 6.61 Å². The Bertz CT molecular complexity index is 958. The summed E-state index contributed by atoms with van der Waals surface area (Å²) in [6.45, 7) is 5.86. The van der Waals surface area contributed by atoms with Crippen LogP contribution in [0.3, 0.4) is 0 Å². The van der Waals surface area contributed by atoms with Crippen LogP contribution in [-0.2, 0) is 14.3 Å². The smallest absolute Gasteiger partial charge is 0.407 e. The summed E-state index contributed by atoms with van der Waals surface area (Å²) < 4.78 is 5.59. The molecule has 33 heavy (non-hydrogen) atoms. The van der Waals surface area contributed by atoms with Gasteiger partial charge in [0.25, 0.3) is 0 Å². The van der Waals surface area contributed by atoms with E-state index in [1.54, 1.807) is 6.92 Å². The molecule has 0 spiro atoms. The Hall–Kier alpha value is -3.35. The van der Waals surface area contributed by atoms with Gasteiger partial charge in [-0.1, -0.05) is 69.3 Å². The number of carboxylic acids is 1. The SMILES string of the molecule is CCC(CNC(=O)C[C@@H](NC(=O)OCC1c2ccccc2-c2ccccc21)C(C)C)C(=O)O. The van der Waals surface area contributed by atoms with Gasteiger partial charge >= 0.3 is 12.1 Å². The fourth-order valence-corrected chi connectivity index (χ4v) is 4.16. The number of carbonyl (C=O) groups is 3. The lowest BCUT2D eigenvalue weighted by atomic mass is 9.98. The predicted molar refractivity (Wildman–Crippen MR) is 126 cm³/mol. The van der Waals surface area contributed by atoms with Crippen molar-refractivity contribution in [3.63, 3.8) is 0 Å². The Morgan fingerprint density at radius 3 is 2.09 bits per heavy atom. The van der Waals surface area contributed by atoms with Crippen molar-refractivity contribution in [2.45, 2.75) is 45.6 Å². The number of fused-ring (bicyclic) bond motifs is 3. The number of hydrogen-bond donors (Lipinski definition) is 3. The van der Waals surface area contributed by atoms with E-state index in [2.05, 4.69) is 34.9 Å². The van der Waals surface area contributed by atoms with E-state index in [-0.39, 0.29) is 37.3 Å². The first-order valence-electron chi connectivity index (χ1n) is 11.4. The van der Waals surface area contributed by atoms with E-state index in [0.29, 0.717) is 6.42 Å². The van der Waals surface area contributed by atoms with E-state index in [1.165, 1.54) is 0 Å². The maximum absolute atomic E-state index is 12.6. The highest BCUT2D eigenvalue weighted by atomic mass is 16.5. The van der Waals surface area contributed by atoms with Gasteiger partial charge in [0, 0.05) is 24.9 Å². The van der Waals surface area contributed by atoms with E-state index in [4.69, 9.17) is 9.84 Å². The van der Waals surface area contributed by atoms with E-state index >= 15 is 0 Å². The van der Waals surface area contributed by atoms with Gasteiger partial charge < -0.3 is 20.5 Å². The van der Waals surface area contributed by atoms with E-state index in [1.807, 2.05) is 38.1 Å². The van der Waals surface area contributed by atoms with Crippen LogP contribution in [0.25, 0.3) is 11.1 Å². The first-order chi connectivity index (χ1) is 15.8. The molecule has 2 aromatic carbocycles. The van der Waals surface area contributed by atoms with Crippen molar-refractivity contribution in [3.8, 4) is 11.1 Å². The highest BCUT2D eigenvalue weighted by Crippen LogP contribution is 2.44. The van der Waals surface area contributed by atoms with Gasteiger partial charge in [-0.25, -0.2) is 4.79 Å². The molecule has 2 aromatic rings. The van der Waals surface area contributed by atoms with Crippen LogP contribution in [0.1, 0.15) is 50.7 Å². The van der Waals surface area contributed by atoms with Gasteiger partial charge in [0.2, 0.25) is 5.91 Å². The number of nitrogens with one attached hydrogen (secondary N) is 2. The third kappa shape index (κ3) is 5.92. The molecule has 7 heteroatoms. The second-order valence-corrected chi connectivity index (χ2v) is 8.77. The first-order valence-corrected chi connectivity index (χ1v) is 11.4. The number of hydrogen-bond acceptors (Lipinski definition) is 4. The lowest BCUT2D eigenvalue weighted by Gasteiger charge is -2.23. The number of rotatable bonds is 10. The summed E-state index contributed by atoms with van der Waals surface area (Å²) >= 11 is 0. The van der Waals surface area contributed by atoms with Gasteiger partial charge in [0.15, 0.2) is 0 Å². The molecule has 0 bridgehead atoms. The molecular formula is C26H32N2O5. The lowest BCUT2D eigenvalue weighted by molar-refractivity contribution is -0.141. The van der Waals surface area contributed by atoms with Gasteiger partial charge in [-0.15, -0.1) is 0 Å². The van der Waals surface area contributed by atoms with Crippen LogP contribution in [0.4, 0.5) is 4.79 Å². The molecule has 0 heterocycles. The van der Waals surface area contributed by atoms with E-state index in [0.717, 1.165) is 22.3 Å². The monoisotopic (exact) mass is 452 g/mol. The molecule has 1 aliphatic rings. The Kier molecular flexibility index (Phi) is 8.09. The number of amides is 2. The molecule has 1 aliphatic carbocycles. The largest absolute Gasteiger partial charge is 0.481 e. The van der Waals surface area contributed by atoms with Gasteiger partial charge in [-0.3, -0.25) is 9.59 Å². The zero-order valence-electron chi connectivity index (χ0n) is 19.3. The van der Waals surface area contributed by atoms with Gasteiger partial charge in [0.05, 0.1) is 5.92 Å². The number of ether oxygens (including phenoxy) is 1. The lowest BCUT2D eigenvalue weighted by Crippen LogP contribution is -2.43. The van der Waals surface area contributed by atoms with Crippen LogP contribution in [0.2, 0.25) is 0 Å². The molecule has 2 atom stereocenters. The number of carboxylic acid groups (broad SMARTS) is 1. The quantitative estimate of drug-likeness (QED) is 0.502. The standard InChI is InChI=1S/C26H32N2O5/c1-4-17(25(30)31)14-27-24(29)13-23(16(2)3)28-26(32)33-15-22-20-11-7-5-9-18(20)19-10-6-8-12-21(19)22/h5-12,16-17,22-23H,4,13-15H2,1-3H3,(H,27,29)(H,28,32)(H,30,31)/t17?,23-/m1/s1. The topological polar surface area (TPSA) is 105 Å². The Labute approximate surface area is 194 Å². The van der Waals surface area contributed by atoms with Crippen molar-refractivity contribution in [1.29, 1.82) is 0 Å². The predicted octanol–water partition coefficient (Wildman–Crippen LogP) is 4.17. The first kappa shape index (κ1) is 24.3. The second kappa shape index (κ2) is 11.0. The Balaban J connectivity index is 1.56. The van der Waals surface area contributed by atoms with Crippen molar-refractivity contribution in [1.82, 2.24) is 10.6 Å². The molecule has 3 rings (SSSR count). The molecule has 0 aromatic heterocycles. The molecule has 0 aliphatic heterocycles. The molecule has 0 fully saturated rings. The van der Waals surface area contributed by atoms with Gasteiger partial charge in [-0.2, -0.15) is 0 Å². The molecule has 3 N–H and O–H groups in total. The molecule has 176 valence electrons. The summed E-state index contributed by atoms with van der Waals surface area (Å²) in [5, 5.41) is 14.6. The minimum Gasteiger partial charge on any atom is -0.481 e. The van der Waals surface area contributed by atoms with Crippen molar-refractivity contribution in [3.05, 3.63) is 59.7 Å². The average molecular weight is 453 g/mol. The number of aliphatic carboxylic acids is 1. The van der Waals surface area contributed by atoms with Crippen molar-refractivity contribution < 1.29 is 24.2 Å². The molecule has 0 saturated heterocycles. The van der Waals surface area contributed by atoms with Crippen LogP contribution in [0.15, 0.2) is 48.5 Å². The van der Waals surface area contributed by atoms with Crippen molar-refractivity contribution in [2.24, 2.45) is 11.8 Å². The normalized spacial score (nSPS) is 14.2. The van der Waals surface area contributed by atoms with Crippen molar-refractivity contribution >= 4 is 18.0 Å².